The van der Waals surface area contributed by atoms with Crippen LogP contribution in [0, 0.1) is 0 Å². The third kappa shape index (κ3) is 2.12. The van der Waals surface area contributed by atoms with E-state index in [-0.39, 0.29) is 18.8 Å². The van der Waals surface area contributed by atoms with Crippen molar-refractivity contribution in [2.45, 2.75) is 38.5 Å². The van der Waals surface area contributed by atoms with E-state index < -0.39 is 5.97 Å². The summed E-state index contributed by atoms with van der Waals surface area (Å²) in [6.45, 7) is 1.75. The summed E-state index contributed by atoms with van der Waals surface area (Å²) in [7, 11) is 0. The largest absolute Gasteiger partial charge is 0.480 e. The molecule has 1 aromatic rings. The molecule has 1 saturated heterocycles. The lowest BCUT2D eigenvalue weighted by molar-refractivity contribution is -0.138. The van der Waals surface area contributed by atoms with Crippen LogP contribution in [0.3, 0.4) is 0 Å². The summed E-state index contributed by atoms with van der Waals surface area (Å²) in [5.74, 6) is -0.462. The Morgan fingerprint density at radius 2 is 2.47 bits per heavy atom. The average molecular weight is 212 g/mol. The first-order valence-electron chi connectivity index (χ1n) is 4.80. The number of hydrogen-bond acceptors (Lipinski definition) is 5. The van der Waals surface area contributed by atoms with E-state index >= 15 is 0 Å². The van der Waals surface area contributed by atoms with Crippen molar-refractivity contribution in [2.24, 2.45) is 0 Å². The number of carboxylic acid groups (broad SMARTS) is 1. The fourth-order valence-corrected chi connectivity index (χ4v) is 1.68. The third-order valence-electron chi connectivity index (χ3n) is 2.36. The Morgan fingerprint density at radius 3 is 3.07 bits per heavy atom. The first-order valence-corrected chi connectivity index (χ1v) is 4.80. The number of aliphatic carboxylic acids is 1. The third-order valence-corrected chi connectivity index (χ3v) is 2.36. The molecule has 0 bridgehead atoms. The molecule has 0 radical (unpaired) electrons. The predicted molar refractivity (Wildman–Crippen MR) is 48.0 cm³/mol. The molecule has 7 nitrogen and oxygen atoms in total. The maximum atomic E-state index is 10.5. The van der Waals surface area contributed by atoms with E-state index in [1.807, 2.05) is 6.92 Å². The van der Waals surface area contributed by atoms with Gasteiger partial charge in [-0.25, -0.2) is 4.68 Å². The maximum absolute atomic E-state index is 10.5. The van der Waals surface area contributed by atoms with E-state index in [0.29, 0.717) is 5.82 Å². The Labute approximate surface area is 86.0 Å². The molecule has 82 valence electrons. The second kappa shape index (κ2) is 3.93. The number of rotatable bonds is 3. The fourth-order valence-electron chi connectivity index (χ4n) is 1.68. The van der Waals surface area contributed by atoms with Crippen molar-refractivity contribution in [1.29, 1.82) is 0 Å². The highest BCUT2D eigenvalue weighted by Crippen LogP contribution is 2.30. The standard InChI is InChI=1S/C8H12N4O3/c1-5-2-3-6(15-5)8-9-10-11-12(8)4-7(13)14/h5-6H,2-4H2,1H3,(H,13,14). The molecule has 1 aliphatic rings. The van der Waals surface area contributed by atoms with Crippen molar-refractivity contribution in [3.8, 4) is 0 Å². The summed E-state index contributed by atoms with van der Waals surface area (Å²) in [5, 5.41) is 19.5. The van der Waals surface area contributed by atoms with E-state index in [0.717, 1.165) is 12.8 Å². The predicted octanol–water partition coefficient (Wildman–Crippen LogP) is -0.00230. The second-order valence-electron chi connectivity index (χ2n) is 3.60. The average Bonchev–Trinajstić information content (AvgIpc) is 2.72. The van der Waals surface area contributed by atoms with Gasteiger partial charge in [0.25, 0.3) is 0 Å². The zero-order valence-corrected chi connectivity index (χ0v) is 8.33. The smallest absolute Gasteiger partial charge is 0.325 e. The van der Waals surface area contributed by atoms with Gasteiger partial charge in [0.1, 0.15) is 12.6 Å². The molecule has 2 heterocycles. The van der Waals surface area contributed by atoms with Crippen molar-refractivity contribution < 1.29 is 14.6 Å². The van der Waals surface area contributed by atoms with Gasteiger partial charge in [-0.05, 0) is 30.2 Å². The lowest BCUT2D eigenvalue weighted by Gasteiger charge is -2.09. The topological polar surface area (TPSA) is 90.1 Å². The number of carboxylic acids is 1. The molecule has 1 aromatic heterocycles. The van der Waals surface area contributed by atoms with Crippen molar-refractivity contribution in [3.63, 3.8) is 0 Å². The van der Waals surface area contributed by atoms with Crippen molar-refractivity contribution in [2.75, 3.05) is 0 Å². The number of hydrogen-bond donors (Lipinski definition) is 1. The highest BCUT2D eigenvalue weighted by Gasteiger charge is 2.28. The van der Waals surface area contributed by atoms with Gasteiger partial charge in [0.05, 0.1) is 6.10 Å². The maximum Gasteiger partial charge on any atom is 0.325 e. The molecule has 1 fully saturated rings. The molecule has 0 aliphatic carbocycles. The summed E-state index contributed by atoms with van der Waals surface area (Å²) in [6, 6.07) is 0. The minimum absolute atomic E-state index is 0.172. The van der Waals surface area contributed by atoms with Crippen molar-refractivity contribution in [3.05, 3.63) is 5.82 Å². The fraction of sp³-hybridized carbons (Fsp3) is 0.750. The number of aromatic nitrogens is 4. The van der Waals surface area contributed by atoms with Crippen LogP contribution in [0.4, 0.5) is 0 Å². The van der Waals surface area contributed by atoms with Crippen LogP contribution in [0.2, 0.25) is 0 Å². The van der Waals surface area contributed by atoms with Gasteiger partial charge in [-0.1, -0.05) is 0 Å². The van der Waals surface area contributed by atoms with E-state index in [1.54, 1.807) is 0 Å². The van der Waals surface area contributed by atoms with Gasteiger partial charge in [0.15, 0.2) is 5.82 Å². The Hall–Kier alpha value is -1.50. The Balaban J connectivity index is 2.14. The molecule has 7 heteroatoms. The molecule has 0 spiro atoms. The van der Waals surface area contributed by atoms with Gasteiger partial charge in [-0.3, -0.25) is 4.79 Å². The van der Waals surface area contributed by atoms with Gasteiger partial charge >= 0.3 is 5.97 Å². The van der Waals surface area contributed by atoms with Crippen LogP contribution >= 0.6 is 0 Å². The number of tetrazole rings is 1. The molecule has 2 rings (SSSR count). The van der Waals surface area contributed by atoms with Crippen molar-refractivity contribution in [1.82, 2.24) is 20.2 Å². The Kier molecular flexibility index (Phi) is 2.63. The quantitative estimate of drug-likeness (QED) is 0.758. The zero-order chi connectivity index (χ0) is 10.8. The molecule has 0 saturated carbocycles. The van der Waals surface area contributed by atoms with Gasteiger partial charge < -0.3 is 9.84 Å². The summed E-state index contributed by atoms with van der Waals surface area (Å²) in [5.41, 5.74) is 0. The SMILES string of the molecule is CC1CCC(c2nnnn2CC(=O)O)O1. The summed E-state index contributed by atoms with van der Waals surface area (Å²) >= 11 is 0. The normalized spacial score (nSPS) is 25.7. The van der Waals surface area contributed by atoms with Crippen LogP contribution in [-0.4, -0.2) is 37.4 Å². The zero-order valence-electron chi connectivity index (χ0n) is 8.33. The van der Waals surface area contributed by atoms with E-state index in [2.05, 4.69) is 15.5 Å². The highest BCUT2D eigenvalue weighted by atomic mass is 16.5. The summed E-state index contributed by atoms with van der Waals surface area (Å²) in [6.07, 6.45) is 1.80. The minimum Gasteiger partial charge on any atom is -0.480 e. The van der Waals surface area contributed by atoms with Crippen LogP contribution in [0.25, 0.3) is 0 Å². The minimum atomic E-state index is -0.963. The number of carbonyl (C=O) groups is 1. The lowest BCUT2D eigenvalue weighted by atomic mass is 10.2. The van der Waals surface area contributed by atoms with Gasteiger partial charge in [0, 0.05) is 0 Å². The molecular weight excluding hydrogens is 200 g/mol. The van der Waals surface area contributed by atoms with E-state index in [1.165, 1.54) is 4.68 Å². The summed E-state index contributed by atoms with van der Waals surface area (Å²) < 4.78 is 6.84. The van der Waals surface area contributed by atoms with E-state index in [4.69, 9.17) is 9.84 Å². The molecule has 1 aliphatic heterocycles. The molecule has 15 heavy (non-hydrogen) atoms. The van der Waals surface area contributed by atoms with Crippen molar-refractivity contribution >= 4 is 5.97 Å². The molecular formula is C8H12N4O3. The van der Waals surface area contributed by atoms with Gasteiger partial charge in [-0.2, -0.15) is 0 Å². The van der Waals surface area contributed by atoms with Crippen LogP contribution in [0.1, 0.15) is 31.7 Å². The van der Waals surface area contributed by atoms with Crippen LogP contribution in [0.15, 0.2) is 0 Å². The molecule has 1 N–H and O–H groups in total. The van der Waals surface area contributed by atoms with Crippen LogP contribution < -0.4 is 0 Å². The van der Waals surface area contributed by atoms with Gasteiger partial charge in [0.2, 0.25) is 0 Å². The molecule has 2 unspecified atom stereocenters. The highest BCUT2D eigenvalue weighted by molar-refractivity contribution is 5.66. The lowest BCUT2D eigenvalue weighted by Crippen LogP contribution is -2.16. The van der Waals surface area contributed by atoms with E-state index in [9.17, 15) is 4.79 Å². The first-order chi connectivity index (χ1) is 7.16. The van der Waals surface area contributed by atoms with Crippen LogP contribution in [-0.2, 0) is 16.1 Å². The monoisotopic (exact) mass is 212 g/mol. The molecule has 0 aromatic carbocycles. The van der Waals surface area contributed by atoms with Crippen LogP contribution in [0.5, 0.6) is 0 Å². The Bertz CT molecular complexity index is 365. The Morgan fingerprint density at radius 1 is 1.67 bits per heavy atom. The number of ether oxygens (including phenoxy) is 1. The summed E-state index contributed by atoms with van der Waals surface area (Å²) in [4.78, 5) is 10.5. The van der Waals surface area contributed by atoms with Gasteiger partial charge in [-0.15, -0.1) is 5.10 Å². The second-order valence-corrected chi connectivity index (χ2v) is 3.60. The molecule has 0 amide bonds. The number of nitrogens with zero attached hydrogens (tertiary/aromatic N) is 4. The first kappa shape index (κ1) is 10.0. The molecule has 2 atom stereocenters.